The van der Waals surface area contributed by atoms with Crippen LogP contribution in [0.15, 0.2) is 54.6 Å². The number of amides is 3. The number of carbonyl (C=O) groups is 2. The van der Waals surface area contributed by atoms with Gasteiger partial charge < -0.3 is 26.4 Å². The SMILES string of the molecule is CC(C(=O)Nc1ccc(NC(=O)NCC2CCCO2)cc1)C(N)c1ccccc1. The third-order valence-corrected chi connectivity index (χ3v) is 5.06. The molecule has 0 saturated carbocycles. The zero-order valence-electron chi connectivity index (χ0n) is 16.6. The minimum atomic E-state index is -0.390. The molecule has 7 nitrogen and oxygen atoms in total. The monoisotopic (exact) mass is 396 g/mol. The molecule has 3 amide bonds. The van der Waals surface area contributed by atoms with Gasteiger partial charge in [-0.15, -0.1) is 0 Å². The Balaban J connectivity index is 1.47. The molecule has 29 heavy (non-hydrogen) atoms. The molecule has 154 valence electrons. The fourth-order valence-electron chi connectivity index (χ4n) is 3.21. The Morgan fingerprint density at radius 1 is 1.07 bits per heavy atom. The van der Waals surface area contributed by atoms with E-state index in [2.05, 4.69) is 16.0 Å². The van der Waals surface area contributed by atoms with Gasteiger partial charge in [0.25, 0.3) is 0 Å². The smallest absolute Gasteiger partial charge is 0.319 e. The van der Waals surface area contributed by atoms with Crippen molar-refractivity contribution in [2.75, 3.05) is 23.8 Å². The molecule has 1 aliphatic rings. The predicted molar refractivity (Wildman–Crippen MR) is 114 cm³/mol. The standard InChI is InChI=1S/C22H28N4O3/c1-15(20(23)16-6-3-2-4-7-16)21(27)25-17-9-11-18(12-10-17)26-22(28)24-14-19-8-5-13-29-19/h2-4,6-7,9-12,15,19-20H,5,8,13-14,23H2,1H3,(H,25,27)(H2,24,26,28). The van der Waals surface area contributed by atoms with E-state index in [9.17, 15) is 9.59 Å². The van der Waals surface area contributed by atoms with E-state index in [-0.39, 0.29) is 24.1 Å². The second kappa shape index (κ2) is 10.0. The molecule has 1 fully saturated rings. The van der Waals surface area contributed by atoms with Crippen molar-refractivity contribution in [3.63, 3.8) is 0 Å². The highest BCUT2D eigenvalue weighted by Crippen LogP contribution is 2.21. The van der Waals surface area contributed by atoms with Crippen LogP contribution in [0.4, 0.5) is 16.2 Å². The van der Waals surface area contributed by atoms with E-state index in [0.29, 0.717) is 17.9 Å². The Kier molecular flexibility index (Phi) is 7.21. The van der Waals surface area contributed by atoms with Gasteiger partial charge in [-0.2, -0.15) is 0 Å². The number of carbonyl (C=O) groups excluding carboxylic acids is 2. The van der Waals surface area contributed by atoms with Crippen molar-refractivity contribution in [2.45, 2.75) is 31.9 Å². The number of nitrogens with one attached hydrogen (secondary N) is 3. The van der Waals surface area contributed by atoms with Crippen LogP contribution < -0.4 is 21.7 Å². The maximum absolute atomic E-state index is 12.5. The van der Waals surface area contributed by atoms with Crippen LogP contribution in [-0.4, -0.2) is 31.2 Å². The number of hydrogen-bond donors (Lipinski definition) is 4. The molecule has 1 saturated heterocycles. The number of ether oxygens (including phenoxy) is 1. The highest BCUT2D eigenvalue weighted by atomic mass is 16.5. The summed E-state index contributed by atoms with van der Waals surface area (Å²) in [4.78, 5) is 24.5. The van der Waals surface area contributed by atoms with Gasteiger partial charge in [0.15, 0.2) is 0 Å². The van der Waals surface area contributed by atoms with Crippen LogP contribution in [0.1, 0.15) is 31.4 Å². The number of hydrogen-bond acceptors (Lipinski definition) is 4. The zero-order valence-corrected chi connectivity index (χ0v) is 16.6. The molecule has 0 aliphatic carbocycles. The summed E-state index contributed by atoms with van der Waals surface area (Å²) in [7, 11) is 0. The summed E-state index contributed by atoms with van der Waals surface area (Å²) >= 11 is 0. The first-order chi connectivity index (χ1) is 14.0. The minimum Gasteiger partial charge on any atom is -0.376 e. The summed E-state index contributed by atoms with van der Waals surface area (Å²) in [5.41, 5.74) is 8.43. The first kappa shape index (κ1) is 20.8. The van der Waals surface area contributed by atoms with Crippen LogP contribution in [0.2, 0.25) is 0 Å². The first-order valence-electron chi connectivity index (χ1n) is 9.91. The van der Waals surface area contributed by atoms with Gasteiger partial charge in [0, 0.05) is 30.6 Å². The van der Waals surface area contributed by atoms with Crippen LogP contribution >= 0.6 is 0 Å². The van der Waals surface area contributed by atoms with Gasteiger partial charge in [-0.3, -0.25) is 4.79 Å². The van der Waals surface area contributed by atoms with Crippen molar-refractivity contribution in [1.29, 1.82) is 0 Å². The summed E-state index contributed by atoms with van der Waals surface area (Å²) in [5.74, 6) is -0.546. The molecular weight excluding hydrogens is 368 g/mol. The summed E-state index contributed by atoms with van der Waals surface area (Å²) in [6.45, 7) is 3.07. The Hall–Kier alpha value is -2.90. The summed E-state index contributed by atoms with van der Waals surface area (Å²) in [5, 5.41) is 8.45. The summed E-state index contributed by atoms with van der Waals surface area (Å²) in [6.07, 6.45) is 2.11. The predicted octanol–water partition coefficient (Wildman–Crippen LogP) is 3.26. The lowest BCUT2D eigenvalue weighted by Gasteiger charge is -2.20. The topological polar surface area (TPSA) is 105 Å². The van der Waals surface area contributed by atoms with Gasteiger partial charge in [0.2, 0.25) is 5.91 Å². The molecule has 3 rings (SSSR count). The van der Waals surface area contributed by atoms with Crippen molar-refractivity contribution in [3.8, 4) is 0 Å². The average Bonchev–Trinajstić information content (AvgIpc) is 3.27. The fraction of sp³-hybridized carbons (Fsp3) is 0.364. The van der Waals surface area contributed by atoms with E-state index in [1.54, 1.807) is 31.2 Å². The normalized spacial score (nSPS) is 17.9. The van der Waals surface area contributed by atoms with Gasteiger partial charge in [-0.1, -0.05) is 37.3 Å². The van der Waals surface area contributed by atoms with E-state index >= 15 is 0 Å². The van der Waals surface area contributed by atoms with Crippen LogP contribution in [-0.2, 0) is 9.53 Å². The van der Waals surface area contributed by atoms with Gasteiger partial charge in [0.1, 0.15) is 0 Å². The molecule has 1 heterocycles. The van der Waals surface area contributed by atoms with Gasteiger partial charge in [0.05, 0.1) is 12.0 Å². The maximum Gasteiger partial charge on any atom is 0.319 e. The average molecular weight is 396 g/mol. The third kappa shape index (κ3) is 6.04. The van der Waals surface area contributed by atoms with Gasteiger partial charge in [-0.05, 0) is 42.7 Å². The lowest BCUT2D eigenvalue weighted by Crippen LogP contribution is -2.35. The highest BCUT2D eigenvalue weighted by Gasteiger charge is 2.22. The van der Waals surface area contributed by atoms with E-state index in [4.69, 9.17) is 10.5 Å². The van der Waals surface area contributed by atoms with Crippen LogP contribution in [0.3, 0.4) is 0 Å². The number of urea groups is 1. The van der Waals surface area contributed by atoms with Crippen molar-refractivity contribution in [1.82, 2.24) is 5.32 Å². The van der Waals surface area contributed by atoms with Crippen molar-refractivity contribution >= 4 is 23.3 Å². The zero-order chi connectivity index (χ0) is 20.6. The summed E-state index contributed by atoms with van der Waals surface area (Å²) in [6, 6.07) is 15.9. The second-order valence-electron chi connectivity index (χ2n) is 7.26. The molecule has 1 aliphatic heterocycles. The second-order valence-corrected chi connectivity index (χ2v) is 7.26. The molecule has 3 unspecified atom stereocenters. The lowest BCUT2D eigenvalue weighted by atomic mass is 9.94. The van der Waals surface area contributed by atoms with Crippen molar-refractivity contribution in [2.24, 2.45) is 11.7 Å². The number of benzene rings is 2. The van der Waals surface area contributed by atoms with Crippen LogP contribution in [0.25, 0.3) is 0 Å². The third-order valence-electron chi connectivity index (χ3n) is 5.06. The molecule has 0 radical (unpaired) electrons. The van der Waals surface area contributed by atoms with E-state index in [0.717, 1.165) is 25.0 Å². The Morgan fingerprint density at radius 3 is 2.34 bits per heavy atom. The highest BCUT2D eigenvalue weighted by molar-refractivity contribution is 5.94. The first-order valence-corrected chi connectivity index (χ1v) is 9.91. The van der Waals surface area contributed by atoms with Crippen molar-refractivity contribution < 1.29 is 14.3 Å². The van der Waals surface area contributed by atoms with Crippen LogP contribution in [0.5, 0.6) is 0 Å². The molecule has 2 aromatic rings. The molecule has 7 heteroatoms. The number of rotatable bonds is 7. The number of anilines is 2. The van der Waals surface area contributed by atoms with Gasteiger partial charge >= 0.3 is 6.03 Å². The van der Waals surface area contributed by atoms with E-state index in [1.807, 2.05) is 30.3 Å². The lowest BCUT2D eigenvalue weighted by molar-refractivity contribution is -0.120. The van der Waals surface area contributed by atoms with E-state index < -0.39 is 5.92 Å². The van der Waals surface area contributed by atoms with Crippen molar-refractivity contribution in [3.05, 3.63) is 60.2 Å². The maximum atomic E-state index is 12.5. The Labute approximate surface area is 171 Å². The molecule has 5 N–H and O–H groups in total. The molecule has 0 bridgehead atoms. The molecule has 0 spiro atoms. The van der Waals surface area contributed by atoms with Gasteiger partial charge in [-0.25, -0.2) is 4.79 Å². The largest absolute Gasteiger partial charge is 0.376 e. The molecule has 0 aromatic heterocycles. The molecular formula is C22H28N4O3. The fourth-order valence-corrected chi connectivity index (χ4v) is 3.21. The molecule has 2 aromatic carbocycles. The number of nitrogens with two attached hydrogens (primary N) is 1. The Bertz CT molecular complexity index is 805. The summed E-state index contributed by atoms with van der Waals surface area (Å²) < 4.78 is 5.48. The Morgan fingerprint density at radius 2 is 1.72 bits per heavy atom. The molecule has 3 atom stereocenters. The minimum absolute atomic E-state index is 0.0996. The van der Waals surface area contributed by atoms with E-state index in [1.165, 1.54) is 0 Å². The van der Waals surface area contributed by atoms with Crippen LogP contribution in [0, 0.1) is 5.92 Å². The quantitative estimate of drug-likeness (QED) is 0.576.